The Balaban J connectivity index is 3.43. The van der Waals surface area contributed by atoms with Crippen LogP contribution in [-0.4, -0.2) is 4.92 Å². The molecule has 0 amide bonds. The zero-order chi connectivity index (χ0) is 9.30. The fourth-order valence-corrected chi connectivity index (χ4v) is 1.01. The number of nitro groups is 1. The van der Waals surface area contributed by atoms with Crippen LogP contribution in [0.3, 0.4) is 0 Å². The molecule has 0 saturated heterocycles. The molecular formula is C7H5ClFNO2. The van der Waals surface area contributed by atoms with Crippen molar-refractivity contribution in [3.05, 3.63) is 38.7 Å². The van der Waals surface area contributed by atoms with Gasteiger partial charge in [-0.1, -0.05) is 17.7 Å². The molecule has 0 aromatic heterocycles. The summed E-state index contributed by atoms with van der Waals surface area (Å²) in [5.74, 6) is -0.971. The van der Waals surface area contributed by atoms with Gasteiger partial charge in [0.2, 0.25) is 5.82 Å². The fraction of sp³-hybridized carbons (Fsp3) is 0.143. The van der Waals surface area contributed by atoms with Crippen molar-refractivity contribution in [1.29, 1.82) is 0 Å². The number of nitro benzene ring substituents is 1. The molecule has 1 aromatic rings. The standard InChI is InChI=1S/C7H5ClFNO2/c1-4-2-3-5(8)6(9)7(4)10(11)12/h2-3H,1H3. The zero-order valence-corrected chi connectivity index (χ0v) is 6.93. The minimum Gasteiger partial charge on any atom is -0.258 e. The average molecular weight is 190 g/mol. The van der Waals surface area contributed by atoms with E-state index in [1.165, 1.54) is 19.1 Å². The minimum atomic E-state index is -0.971. The van der Waals surface area contributed by atoms with Crippen molar-refractivity contribution in [2.75, 3.05) is 0 Å². The van der Waals surface area contributed by atoms with Gasteiger partial charge in [-0.2, -0.15) is 4.39 Å². The molecule has 64 valence electrons. The summed E-state index contributed by atoms with van der Waals surface area (Å²) in [4.78, 5) is 9.52. The lowest BCUT2D eigenvalue weighted by Gasteiger charge is -1.98. The maximum absolute atomic E-state index is 12.9. The molecule has 0 aliphatic heterocycles. The van der Waals surface area contributed by atoms with Crippen LogP contribution in [-0.2, 0) is 0 Å². The van der Waals surface area contributed by atoms with E-state index < -0.39 is 16.4 Å². The van der Waals surface area contributed by atoms with Crippen molar-refractivity contribution in [2.45, 2.75) is 6.92 Å². The number of hydrogen-bond donors (Lipinski definition) is 0. The van der Waals surface area contributed by atoms with Gasteiger partial charge >= 0.3 is 5.69 Å². The van der Waals surface area contributed by atoms with E-state index in [1.54, 1.807) is 0 Å². The van der Waals surface area contributed by atoms with E-state index in [9.17, 15) is 14.5 Å². The van der Waals surface area contributed by atoms with Gasteiger partial charge in [0, 0.05) is 5.56 Å². The summed E-state index contributed by atoms with van der Waals surface area (Å²) in [5.41, 5.74) is -0.288. The van der Waals surface area contributed by atoms with Crippen LogP contribution in [0.5, 0.6) is 0 Å². The van der Waals surface area contributed by atoms with Gasteiger partial charge in [0.05, 0.1) is 9.95 Å². The predicted octanol–water partition coefficient (Wildman–Crippen LogP) is 2.70. The molecule has 1 rings (SSSR count). The summed E-state index contributed by atoms with van der Waals surface area (Å²) in [6.07, 6.45) is 0. The van der Waals surface area contributed by atoms with Crippen molar-refractivity contribution < 1.29 is 9.31 Å². The van der Waals surface area contributed by atoms with Crippen molar-refractivity contribution in [3.8, 4) is 0 Å². The van der Waals surface area contributed by atoms with Gasteiger partial charge in [-0.15, -0.1) is 0 Å². The maximum atomic E-state index is 12.9. The van der Waals surface area contributed by atoms with Crippen LogP contribution in [0.25, 0.3) is 0 Å². The Hall–Kier alpha value is -1.16. The first-order valence-electron chi connectivity index (χ1n) is 3.13. The van der Waals surface area contributed by atoms with Gasteiger partial charge in [-0.05, 0) is 13.0 Å². The minimum absolute atomic E-state index is 0.229. The summed E-state index contributed by atoms with van der Waals surface area (Å²) in [5, 5.41) is 10.1. The second kappa shape index (κ2) is 3.06. The van der Waals surface area contributed by atoms with Crippen LogP contribution < -0.4 is 0 Å². The monoisotopic (exact) mass is 189 g/mol. The van der Waals surface area contributed by atoms with E-state index >= 15 is 0 Å². The number of halogens is 2. The molecule has 0 heterocycles. The van der Waals surface area contributed by atoms with Crippen molar-refractivity contribution in [2.24, 2.45) is 0 Å². The molecule has 0 fully saturated rings. The van der Waals surface area contributed by atoms with Crippen LogP contribution in [0, 0.1) is 22.9 Å². The Morgan fingerprint density at radius 2 is 2.17 bits per heavy atom. The van der Waals surface area contributed by atoms with Crippen molar-refractivity contribution >= 4 is 17.3 Å². The van der Waals surface area contributed by atoms with E-state index in [2.05, 4.69) is 0 Å². The van der Waals surface area contributed by atoms with E-state index in [4.69, 9.17) is 11.6 Å². The van der Waals surface area contributed by atoms with Crippen LogP contribution in [0.1, 0.15) is 5.56 Å². The molecule has 0 bridgehead atoms. The predicted molar refractivity (Wildman–Crippen MR) is 42.8 cm³/mol. The van der Waals surface area contributed by atoms with Gasteiger partial charge in [0.25, 0.3) is 0 Å². The largest absolute Gasteiger partial charge is 0.309 e. The molecule has 0 spiro atoms. The normalized spacial score (nSPS) is 9.92. The summed E-state index contributed by atoms with van der Waals surface area (Å²) >= 11 is 5.35. The third kappa shape index (κ3) is 1.38. The molecule has 0 aliphatic rings. The fourth-order valence-electron chi connectivity index (χ4n) is 0.861. The second-order valence-corrected chi connectivity index (χ2v) is 2.69. The third-order valence-electron chi connectivity index (χ3n) is 1.45. The molecule has 0 N–H and O–H groups in total. The Bertz CT molecular complexity index is 340. The molecule has 0 unspecified atom stereocenters. The lowest BCUT2D eigenvalue weighted by molar-refractivity contribution is -0.388. The van der Waals surface area contributed by atoms with Crippen molar-refractivity contribution in [1.82, 2.24) is 0 Å². The van der Waals surface area contributed by atoms with Crippen LogP contribution in [0.2, 0.25) is 5.02 Å². The van der Waals surface area contributed by atoms with Gasteiger partial charge in [-0.25, -0.2) is 0 Å². The highest BCUT2D eigenvalue weighted by atomic mass is 35.5. The van der Waals surface area contributed by atoms with Gasteiger partial charge in [0.15, 0.2) is 0 Å². The average Bonchev–Trinajstić information content (AvgIpc) is 1.97. The molecule has 5 heteroatoms. The quantitative estimate of drug-likeness (QED) is 0.504. The molecule has 0 atom stereocenters. The van der Waals surface area contributed by atoms with E-state index in [0.29, 0.717) is 0 Å². The highest BCUT2D eigenvalue weighted by Crippen LogP contribution is 2.27. The summed E-state index contributed by atoms with van der Waals surface area (Å²) in [6, 6.07) is 2.70. The lowest BCUT2D eigenvalue weighted by atomic mass is 10.2. The van der Waals surface area contributed by atoms with Gasteiger partial charge in [-0.3, -0.25) is 10.1 Å². The number of benzene rings is 1. The Labute approximate surface area is 72.9 Å². The third-order valence-corrected chi connectivity index (χ3v) is 1.75. The molecule has 0 saturated carbocycles. The van der Waals surface area contributed by atoms with Crippen LogP contribution in [0.4, 0.5) is 10.1 Å². The molecule has 1 aromatic carbocycles. The summed E-state index contributed by atoms with van der Waals surface area (Å²) in [7, 11) is 0. The first-order valence-corrected chi connectivity index (χ1v) is 3.51. The van der Waals surface area contributed by atoms with Gasteiger partial charge < -0.3 is 0 Å². The molecule has 12 heavy (non-hydrogen) atoms. The van der Waals surface area contributed by atoms with Crippen LogP contribution in [0.15, 0.2) is 12.1 Å². The number of rotatable bonds is 1. The number of aryl methyl sites for hydroxylation is 1. The SMILES string of the molecule is Cc1ccc(Cl)c(F)c1[N+](=O)[O-]. The number of hydrogen-bond acceptors (Lipinski definition) is 2. The maximum Gasteiger partial charge on any atom is 0.309 e. The second-order valence-electron chi connectivity index (χ2n) is 2.28. The first kappa shape index (κ1) is 8.93. The van der Waals surface area contributed by atoms with E-state index in [1.807, 2.05) is 0 Å². The molecule has 0 radical (unpaired) electrons. The lowest BCUT2D eigenvalue weighted by Crippen LogP contribution is -1.95. The van der Waals surface area contributed by atoms with E-state index in [-0.39, 0.29) is 10.6 Å². The highest BCUT2D eigenvalue weighted by molar-refractivity contribution is 6.31. The highest BCUT2D eigenvalue weighted by Gasteiger charge is 2.19. The smallest absolute Gasteiger partial charge is 0.258 e. The van der Waals surface area contributed by atoms with Gasteiger partial charge in [0.1, 0.15) is 0 Å². The van der Waals surface area contributed by atoms with E-state index in [0.717, 1.165) is 0 Å². The first-order chi connectivity index (χ1) is 5.54. The Kier molecular flexibility index (Phi) is 2.28. The molecular weight excluding hydrogens is 185 g/mol. The Morgan fingerprint density at radius 3 is 2.58 bits per heavy atom. The van der Waals surface area contributed by atoms with Crippen molar-refractivity contribution in [3.63, 3.8) is 0 Å². The zero-order valence-electron chi connectivity index (χ0n) is 6.17. The number of nitrogens with zero attached hydrogens (tertiary/aromatic N) is 1. The Morgan fingerprint density at radius 1 is 1.58 bits per heavy atom. The molecule has 3 nitrogen and oxygen atoms in total. The topological polar surface area (TPSA) is 43.1 Å². The summed E-state index contributed by atoms with van der Waals surface area (Å²) < 4.78 is 12.9. The summed E-state index contributed by atoms with van der Waals surface area (Å²) in [6.45, 7) is 1.46. The molecule has 0 aliphatic carbocycles. The van der Waals surface area contributed by atoms with Crippen LogP contribution >= 0.6 is 11.6 Å².